The van der Waals surface area contributed by atoms with Crippen molar-refractivity contribution in [3.05, 3.63) is 38.9 Å². The summed E-state index contributed by atoms with van der Waals surface area (Å²) in [6.45, 7) is 1.85. The number of rotatable bonds is 5. The number of hydrogen-bond donors (Lipinski definition) is 1. The summed E-state index contributed by atoms with van der Waals surface area (Å²) in [5.41, 5.74) is 0.578. The van der Waals surface area contributed by atoms with Gasteiger partial charge in [0.15, 0.2) is 0 Å². The van der Waals surface area contributed by atoms with E-state index < -0.39 is 4.92 Å². The first-order valence-electron chi connectivity index (χ1n) is 6.41. The minimum atomic E-state index is -0.427. The van der Waals surface area contributed by atoms with E-state index in [0.29, 0.717) is 23.2 Å². The van der Waals surface area contributed by atoms with Gasteiger partial charge in [-0.05, 0) is 31.5 Å². The molecule has 0 aromatic heterocycles. The first-order chi connectivity index (χ1) is 9.16. The van der Waals surface area contributed by atoms with Crippen molar-refractivity contribution < 1.29 is 9.66 Å². The van der Waals surface area contributed by atoms with Gasteiger partial charge in [0, 0.05) is 17.1 Å². The van der Waals surface area contributed by atoms with Gasteiger partial charge in [-0.25, -0.2) is 0 Å². The van der Waals surface area contributed by atoms with Gasteiger partial charge >= 0.3 is 0 Å². The molecule has 5 nitrogen and oxygen atoms in total. The summed E-state index contributed by atoms with van der Waals surface area (Å²) in [6.07, 6.45) is 3.52. The van der Waals surface area contributed by atoms with E-state index in [1.54, 1.807) is 12.1 Å². The summed E-state index contributed by atoms with van der Waals surface area (Å²) >= 11 is 5.76. The summed E-state index contributed by atoms with van der Waals surface area (Å²) < 4.78 is 5.58. The van der Waals surface area contributed by atoms with Crippen LogP contribution in [0, 0.1) is 10.1 Å². The maximum absolute atomic E-state index is 10.9. The molecule has 0 saturated carbocycles. The number of ether oxygens (including phenoxy) is 1. The van der Waals surface area contributed by atoms with Crippen LogP contribution in [-0.4, -0.2) is 24.1 Å². The van der Waals surface area contributed by atoms with E-state index in [4.69, 9.17) is 16.3 Å². The van der Waals surface area contributed by atoms with Gasteiger partial charge < -0.3 is 10.1 Å². The van der Waals surface area contributed by atoms with Crippen molar-refractivity contribution in [2.75, 3.05) is 13.2 Å². The van der Waals surface area contributed by atoms with Gasteiger partial charge in [0.25, 0.3) is 5.69 Å². The zero-order valence-electron chi connectivity index (χ0n) is 10.6. The Hall–Kier alpha value is -1.17. The molecule has 1 aliphatic rings. The summed E-state index contributed by atoms with van der Waals surface area (Å²) in [6, 6.07) is 5.01. The van der Waals surface area contributed by atoms with Crippen LogP contribution < -0.4 is 5.32 Å². The second kappa shape index (κ2) is 6.84. The van der Waals surface area contributed by atoms with Crippen LogP contribution in [0.25, 0.3) is 0 Å². The Morgan fingerprint density at radius 3 is 3.00 bits per heavy atom. The van der Waals surface area contributed by atoms with Gasteiger partial charge in [-0.15, -0.1) is 0 Å². The average molecular weight is 285 g/mol. The molecule has 0 radical (unpaired) electrons. The lowest BCUT2D eigenvalue weighted by molar-refractivity contribution is -0.385. The maximum Gasteiger partial charge on any atom is 0.276 e. The number of benzene rings is 1. The van der Waals surface area contributed by atoms with Crippen molar-refractivity contribution in [1.82, 2.24) is 5.32 Å². The Balaban J connectivity index is 1.89. The molecule has 1 aromatic carbocycles. The highest BCUT2D eigenvalue weighted by atomic mass is 35.5. The standard InChI is InChI=1S/C13H17ClN2O3/c14-11-5-4-10(13(7-11)16(17)18)8-19-9-12-3-1-2-6-15-12/h4-5,7,12,15H,1-3,6,8-9H2. The van der Waals surface area contributed by atoms with E-state index in [1.165, 1.54) is 18.9 Å². The summed E-state index contributed by atoms with van der Waals surface area (Å²) in [4.78, 5) is 10.5. The highest BCUT2D eigenvalue weighted by molar-refractivity contribution is 6.30. The molecule has 1 heterocycles. The highest BCUT2D eigenvalue weighted by Crippen LogP contribution is 2.24. The van der Waals surface area contributed by atoms with Crippen LogP contribution in [0.3, 0.4) is 0 Å². The number of hydrogen-bond acceptors (Lipinski definition) is 4. The van der Waals surface area contributed by atoms with Crippen LogP contribution in [0.15, 0.2) is 18.2 Å². The van der Waals surface area contributed by atoms with E-state index in [-0.39, 0.29) is 12.3 Å². The number of piperidine rings is 1. The molecule has 0 bridgehead atoms. The smallest absolute Gasteiger partial charge is 0.276 e. The lowest BCUT2D eigenvalue weighted by Gasteiger charge is -2.23. The third-order valence-corrected chi connectivity index (χ3v) is 3.47. The predicted octanol–water partition coefficient (Wildman–Crippen LogP) is 2.91. The molecule has 1 saturated heterocycles. The molecular weight excluding hydrogens is 268 g/mol. The highest BCUT2D eigenvalue weighted by Gasteiger charge is 2.16. The quantitative estimate of drug-likeness (QED) is 0.667. The molecule has 0 aliphatic carbocycles. The molecule has 1 atom stereocenters. The Morgan fingerprint density at radius 1 is 1.47 bits per heavy atom. The predicted molar refractivity (Wildman–Crippen MR) is 73.4 cm³/mol. The lowest BCUT2D eigenvalue weighted by atomic mass is 10.1. The second-order valence-corrected chi connectivity index (χ2v) is 5.13. The van der Waals surface area contributed by atoms with E-state index in [1.807, 2.05) is 0 Å². The molecule has 19 heavy (non-hydrogen) atoms. The number of nitro groups is 1. The van der Waals surface area contributed by atoms with Gasteiger partial charge in [-0.2, -0.15) is 0 Å². The number of nitrogens with one attached hydrogen (secondary N) is 1. The third kappa shape index (κ3) is 4.16. The average Bonchev–Trinajstić information content (AvgIpc) is 2.41. The van der Waals surface area contributed by atoms with Crippen molar-refractivity contribution in [3.8, 4) is 0 Å². The number of nitro benzene ring substituents is 1. The van der Waals surface area contributed by atoms with Crippen LogP contribution in [-0.2, 0) is 11.3 Å². The molecule has 1 fully saturated rings. The second-order valence-electron chi connectivity index (χ2n) is 4.69. The lowest BCUT2D eigenvalue weighted by Crippen LogP contribution is -2.37. The molecule has 1 unspecified atom stereocenters. The normalized spacial score (nSPS) is 19.3. The number of nitrogens with zero attached hydrogens (tertiary/aromatic N) is 1. The van der Waals surface area contributed by atoms with Gasteiger partial charge in [0.2, 0.25) is 0 Å². The Labute approximate surface area is 117 Å². The molecule has 0 amide bonds. The maximum atomic E-state index is 10.9. The molecule has 2 rings (SSSR count). The summed E-state index contributed by atoms with van der Waals surface area (Å²) in [7, 11) is 0. The fourth-order valence-corrected chi connectivity index (χ4v) is 2.37. The molecule has 1 aliphatic heterocycles. The van der Waals surface area contributed by atoms with Crippen LogP contribution >= 0.6 is 11.6 Å². The van der Waals surface area contributed by atoms with E-state index in [2.05, 4.69) is 5.32 Å². The number of halogens is 1. The zero-order valence-corrected chi connectivity index (χ0v) is 11.4. The van der Waals surface area contributed by atoms with Gasteiger partial charge in [-0.1, -0.05) is 18.0 Å². The van der Waals surface area contributed by atoms with Crippen LogP contribution in [0.5, 0.6) is 0 Å². The summed E-state index contributed by atoms with van der Waals surface area (Å²) in [5.74, 6) is 0. The van der Waals surface area contributed by atoms with Crippen molar-refractivity contribution >= 4 is 17.3 Å². The van der Waals surface area contributed by atoms with Crippen LogP contribution in [0.1, 0.15) is 24.8 Å². The van der Waals surface area contributed by atoms with Crippen molar-refractivity contribution in [2.24, 2.45) is 0 Å². The minimum Gasteiger partial charge on any atom is -0.375 e. The van der Waals surface area contributed by atoms with Gasteiger partial charge in [0.05, 0.1) is 23.7 Å². The SMILES string of the molecule is O=[N+]([O-])c1cc(Cl)ccc1COCC1CCCCN1. The van der Waals surface area contributed by atoms with E-state index in [9.17, 15) is 10.1 Å². The molecule has 1 aromatic rings. The van der Waals surface area contributed by atoms with Crippen LogP contribution in [0.2, 0.25) is 5.02 Å². The largest absolute Gasteiger partial charge is 0.375 e. The fourth-order valence-electron chi connectivity index (χ4n) is 2.21. The fraction of sp³-hybridized carbons (Fsp3) is 0.538. The topological polar surface area (TPSA) is 64.4 Å². The van der Waals surface area contributed by atoms with E-state index >= 15 is 0 Å². The van der Waals surface area contributed by atoms with Crippen molar-refractivity contribution in [2.45, 2.75) is 31.9 Å². The molecule has 1 N–H and O–H groups in total. The van der Waals surface area contributed by atoms with E-state index in [0.717, 1.165) is 13.0 Å². The van der Waals surface area contributed by atoms with Crippen molar-refractivity contribution in [1.29, 1.82) is 0 Å². The Bertz CT molecular complexity index is 448. The minimum absolute atomic E-state index is 0.0177. The van der Waals surface area contributed by atoms with Crippen molar-refractivity contribution in [3.63, 3.8) is 0 Å². The summed E-state index contributed by atoms with van der Waals surface area (Å²) in [5, 5.41) is 14.7. The zero-order chi connectivity index (χ0) is 13.7. The van der Waals surface area contributed by atoms with Crippen LogP contribution in [0.4, 0.5) is 5.69 Å². The first-order valence-corrected chi connectivity index (χ1v) is 6.78. The third-order valence-electron chi connectivity index (χ3n) is 3.23. The Kier molecular flexibility index (Phi) is 5.13. The Morgan fingerprint density at radius 2 is 2.32 bits per heavy atom. The van der Waals surface area contributed by atoms with Gasteiger partial charge in [-0.3, -0.25) is 10.1 Å². The monoisotopic (exact) mass is 284 g/mol. The molecule has 104 valence electrons. The molecule has 6 heteroatoms. The first kappa shape index (κ1) is 14.2. The van der Waals surface area contributed by atoms with Gasteiger partial charge in [0.1, 0.15) is 0 Å². The molecular formula is C13H17ClN2O3. The molecule has 0 spiro atoms.